The van der Waals surface area contributed by atoms with Crippen LogP contribution in [0.2, 0.25) is 0 Å². The van der Waals surface area contributed by atoms with Crippen LogP contribution in [-0.2, 0) is 0 Å². The van der Waals surface area contributed by atoms with E-state index in [1.807, 2.05) is 19.1 Å². The summed E-state index contributed by atoms with van der Waals surface area (Å²) in [4.78, 5) is 0. The molecular formula is C15H24O2. The van der Waals surface area contributed by atoms with Gasteiger partial charge in [-0.3, -0.25) is 0 Å². The van der Waals surface area contributed by atoms with Crippen LogP contribution >= 0.6 is 0 Å². The summed E-state index contributed by atoms with van der Waals surface area (Å²) in [5.74, 6) is 0. The normalized spacial score (nSPS) is 28.7. The van der Waals surface area contributed by atoms with Crippen molar-refractivity contribution in [1.29, 1.82) is 0 Å². The minimum absolute atomic E-state index is 0.00199. The van der Waals surface area contributed by atoms with Gasteiger partial charge in [0.25, 0.3) is 0 Å². The SMILES string of the molecule is C=CC1=C(/C(=C/C)CO)[C@@](C)(CO)CC1(C)C. The molecule has 0 aliphatic heterocycles. The molecule has 0 radical (unpaired) electrons. The number of rotatable bonds is 4. The van der Waals surface area contributed by atoms with Crippen molar-refractivity contribution in [2.24, 2.45) is 10.8 Å². The van der Waals surface area contributed by atoms with Gasteiger partial charge in [0.2, 0.25) is 0 Å². The fourth-order valence-electron chi connectivity index (χ4n) is 3.21. The number of hydrogen-bond donors (Lipinski definition) is 2. The molecule has 1 aliphatic rings. The highest BCUT2D eigenvalue weighted by atomic mass is 16.3. The summed E-state index contributed by atoms with van der Waals surface area (Å²) in [5, 5.41) is 19.2. The molecular weight excluding hydrogens is 212 g/mol. The third kappa shape index (κ3) is 2.24. The van der Waals surface area contributed by atoms with E-state index in [1.165, 1.54) is 0 Å². The summed E-state index contributed by atoms with van der Waals surface area (Å²) in [6.07, 6.45) is 4.67. The predicted octanol–water partition coefficient (Wildman–Crippen LogP) is 2.84. The van der Waals surface area contributed by atoms with Gasteiger partial charge in [0.05, 0.1) is 13.2 Å². The van der Waals surface area contributed by atoms with Crippen molar-refractivity contribution in [3.05, 3.63) is 35.5 Å². The standard InChI is InChI=1S/C15H24O2/c1-6-11(8-16)13-12(7-2)14(3,4)9-15(13,5)10-17/h6-7,16-17H,2,8-10H2,1,3-5H3/b11-6+/t15-/m1/s1. The molecule has 2 nitrogen and oxygen atoms in total. The summed E-state index contributed by atoms with van der Waals surface area (Å²) in [5.41, 5.74) is 2.85. The molecule has 0 aromatic rings. The maximum absolute atomic E-state index is 9.70. The van der Waals surface area contributed by atoms with Gasteiger partial charge in [-0.05, 0) is 35.5 Å². The fraction of sp³-hybridized carbons (Fsp3) is 0.600. The van der Waals surface area contributed by atoms with Gasteiger partial charge >= 0.3 is 0 Å². The first kappa shape index (κ1) is 14.2. The molecule has 0 bridgehead atoms. The van der Waals surface area contributed by atoms with E-state index in [9.17, 15) is 10.2 Å². The van der Waals surface area contributed by atoms with E-state index in [2.05, 4.69) is 27.4 Å². The number of allylic oxidation sites excluding steroid dienone is 3. The van der Waals surface area contributed by atoms with Gasteiger partial charge in [0, 0.05) is 5.41 Å². The van der Waals surface area contributed by atoms with E-state index in [4.69, 9.17) is 0 Å². The van der Waals surface area contributed by atoms with Crippen molar-refractivity contribution < 1.29 is 10.2 Å². The second-order valence-electron chi connectivity index (χ2n) is 5.74. The van der Waals surface area contributed by atoms with Crippen molar-refractivity contribution >= 4 is 0 Å². The van der Waals surface area contributed by atoms with Crippen LogP contribution in [-0.4, -0.2) is 23.4 Å². The van der Waals surface area contributed by atoms with Gasteiger partial charge in [-0.1, -0.05) is 39.5 Å². The van der Waals surface area contributed by atoms with Crippen LogP contribution in [0.4, 0.5) is 0 Å². The van der Waals surface area contributed by atoms with Crippen LogP contribution in [0.3, 0.4) is 0 Å². The van der Waals surface area contributed by atoms with Crippen LogP contribution < -0.4 is 0 Å². The Balaban J connectivity index is 3.47. The summed E-state index contributed by atoms with van der Waals surface area (Å²) >= 11 is 0. The molecule has 2 heteroatoms. The lowest BCUT2D eigenvalue weighted by molar-refractivity contribution is 0.151. The molecule has 17 heavy (non-hydrogen) atoms. The molecule has 0 saturated heterocycles. The number of aliphatic hydroxyl groups excluding tert-OH is 2. The first-order valence-corrected chi connectivity index (χ1v) is 6.11. The van der Waals surface area contributed by atoms with E-state index in [-0.39, 0.29) is 24.0 Å². The van der Waals surface area contributed by atoms with Crippen LogP contribution in [0.15, 0.2) is 35.5 Å². The Labute approximate surface area is 104 Å². The van der Waals surface area contributed by atoms with Crippen molar-refractivity contribution in [3.8, 4) is 0 Å². The van der Waals surface area contributed by atoms with Gasteiger partial charge in [0.1, 0.15) is 0 Å². The predicted molar refractivity (Wildman–Crippen MR) is 71.7 cm³/mol. The van der Waals surface area contributed by atoms with Crippen LogP contribution in [0.25, 0.3) is 0 Å². The molecule has 1 aliphatic carbocycles. The van der Waals surface area contributed by atoms with Crippen LogP contribution in [0, 0.1) is 10.8 Å². The van der Waals surface area contributed by atoms with Gasteiger partial charge in [-0.2, -0.15) is 0 Å². The Morgan fingerprint density at radius 1 is 1.35 bits per heavy atom. The highest BCUT2D eigenvalue weighted by Gasteiger charge is 2.46. The first-order valence-electron chi connectivity index (χ1n) is 6.11. The lowest BCUT2D eigenvalue weighted by Crippen LogP contribution is -2.24. The highest BCUT2D eigenvalue weighted by Crippen LogP contribution is 2.55. The Morgan fingerprint density at radius 3 is 2.29 bits per heavy atom. The smallest absolute Gasteiger partial charge is 0.0681 e. The van der Waals surface area contributed by atoms with Gasteiger partial charge in [-0.15, -0.1) is 0 Å². The van der Waals surface area contributed by atoms with Crippen molar-refractivity contribution in [3.63, 3.8) is 0 Å². The molecule has 0 amide bonds. The van der Waals surface area contributed by atoms with E-state index < -0.39 is 0 Å². The Bertz CT molecular complexity index is 374. The monoisotopic (exact) mass is 236 g/mol. The molecule has 0 saturated carbocycles. The fourth-order valence-corrected chi connectivity index (χ4v) is 3.21. The van der Waals surface area contributed by atoms with E-state index in [0.29, 0.717) is 0 Å². The third-order valence-corrected chi connectivity index (χ3v) is 3.83. The topological polar surface area (TPSA) is 40.5 Å². The van der Waals surface area contributed by atoms with E-state index in [1.54, 1.807) is 0 Å². The van der Waals surface area contributed by atoms with Crippen LogP contribution in [0.1, 0.15) is 34.1 Å². The lowest BCUT2D eigenvalue weighted by atomic mass is 9.77. The highest BCUT2D eigenvalue weighted by molar-refractivity contribution is 5.50. The van der Waals surface area contributed by atoms with Gasteiger partial charge in [-0.25, -0.2) is 0 Å². The van der Waals surface area contributed by atoms with Crippen LogP contribution in [0.5, 0.6) is 0 Å². The molecule has 0 aromatic heterocycles. The summed E-state index contributed by atoms with van der Waals surface area (Å²) in [6.45, 7) is 12.3. The number of hydrogen-bond acceptors (Lipinski definition) is 2. The average Bonchev–Trinajstić information content (AvgIpc) is 2.48. The summed E-state index contributed by atoms with van der Waals surface area (Å²) in [7, 11) is 0. The Hall–Kier alpha value is -0.860. The molecule has 0 unspecified atom stereocenters. The molecule has 0 heterocycles. The molecule has 0 aromatic carbocycles. The molecule has 96 valence electrons. The van der Waals surface area contributed by atoms with Gasteiger partial charge < -0.3 is 10.2 Å². The van der Waals surface area contributed by atoms with Gasteiger partial charge in [0.15, 0.2) is 0 Å². The van der Waals surface area contributed by atoms with Crippen molar-refractivity contribution in [2.75, 3.05) is 13.2 Å². The average molecular weight is 236 g/mol. The lowest BCUT2D eigenvalue weighted by Gasteiger charge is -2.28. The molecule has 1 rings (SSSR count). The first-order chi connectivity index (χ1) is 7.86. The zero-order chi connectivity index (χ0) is 13.3. The van der Waals surface area contributed by atoms with E-state index in [0.717, 1.165) is 23.1 Å². The Morgan fingerprint density at radius 2 is 1.94 bits per heavy atom. The second-order valence-corrected chi connectivity index (χ2v) is 5.74. The molecule has 0 fully saturated rings. The zero-order valence-corrected chi connectivity index (χ0v) is 11.4. The zero-order valence-electron chi connectivity index (χ0n) is 11.4. The maximum Gasteiger partial charge on any atom is 0.0681 e. The summed E-state index contributed by atoms with van der Waals surface area (Å²) in [6, 6.07) is 0. The summed E-state index contributed by atoms with van der Waals surface area (Å²) < 4.78 is 0. The minimum atomic E-state index is -0.280. The second kappa shape index (κ2) is 4.79. The third-order valence-electron chi connectivity index (χ3n) is 3.83. The molecule has 1 atom stereocenters. The maximum atomic E-state index is 9.70. The largest absolute Gasteiger partial charge is 0.395 e. The van der Waals surface area contributed by atoms with E-state index >= 15 is 0 Å². The quantitative estimate of drug-likeness (QED) is 0.788. The molecule has 0 spiro atoms. The minimum Gasteiger partial charge on any atom is -0.395 e. The van der Waals surface area contributed by atoms with Crippen molar-refractivity contribution in [1.82, 2.24) is 0 Å². The number of aliphatic hydroxyl groups is 2. The Kier molecular flexibility index (Phi) is 4.00. The molecule has 2 N–H and O–H groups in total. The van der Waals surface area contributed by atoms with Crippen molar-refractivity contribution in [2.45, 2.75) is 34.1 Å².